The standard InChI is InChI=1S/C13H20BrN3O2S/c1-3-13(5-6-13)9-17-20(18,19)11-7-10(14)8-16-12(11)15-4-2/h7-8,17H,3-6,9H2,1-2H3,(H,15,16). The van der Waals surface area contributed by atoms with E-state index in [1.807, 2.05) is 6.92 Å². The van der Waals surface area contributed by atoms with Gasteiger partial charge in [-0.25, -0.2) is 18.1 Å². The number of nitrogens with zero attached hydrogens (tertiary/aromatic N) is 1. The fourth-order valence-electron chi connectivity index (χ4n) is 2.08. The van der Waals surface area contributed by atoms with E-state index in [0.717, 1.165) is 19.3 Å². The first-order chi connectivity index (χ1) is 9.42. The summed E-state index contributed by atoms with van der Waals surface area (Å²) in [6.07, 6.45) is 4.80. The predicted octanol–water partition coefficient (Wildman–Crippen LogP) is 2.74. The van der Waals surface area contributed by atoms with Gasteiger partial charge in [-0.2, -0.15) is 0 Å². The van der Waals surface area contributed by atoms with Gasteiger partial charge in [0.2, 0.25) is 10.0 Å². The van der Waals surface area contributed by atoms with Gasteiger partial charge in [-0.3, -0.25) is 0 Å². The molecule has 0 unspecified atom stereocenters. The third kappa shape index (κ3) is 3.51. The molecular weight excluding hydrogens is 342 g/mol. The summed E-state index contributed by atoms with van der Waals surface area (Å²) in [5, 5.41) is 2.99. The number of rotatable bonds is 7. The van der Waals surface area contributed by atoms with Gasteiger partial charge in [0.25, 0.3) is 0 Å². The number of halogens is 1. The Balaban J connectivity index is 2.21. The molecule has 0 atom stereocenters. The summed E-state index contributed by atoms with van der Waals surface area (Å²) in [4.78, 5) is 4.33. The summed E-state index contributed by atoms with van der Waals surface area (Å²) in [6.45, 7) is 5.13. The number of aromatic nitrogens is 1. The van der Waals surface area contributed by atoms with E-state index in [1.54, 1.807) is 12.3 Å². The van der Waals surface area contributed by atoms with Crippen LogP contribution in [-0.4, -0.2) is 26.5 Å². The first kappa shape index (κ1) is 15.7. The number of nitrogens with one attached hydrogen (secondary N) is 2. The molecular formula is C13H20BrN3O2S. The first-order valence-corrected chi connectivity index (χ1v) is 9.09. The zero-order valence-electron chi connectivity index (χ0n) is 11.7. The van der Waals surface area contributed by atoms with Gasteiger partial charge < -0.3 is 5.32 Å². The fraction of sp³-hybridized carbons (Fsp3) is 0.615. The summed E-state index contributed by atoms with van der Waals surface area (Å²) in [5.41, 5.74) is 0.171. The molecule has 0 aromatic carbocycles. The molecule has 7 heteroatoms. The Kier molecular flexibility index (Phi) is 4.71. The van der Waals surface area contributed by atoms with Gasteiger partial charge in [-0.1, -0.05) is 6.92 Å². The molecule has 20 heavy (non-hydrogen) atoms. The fourth-order valence-corrected chi connectivity index (χ4v) is 3.88. The van der Waals surface area contributed by atoms with Crippen molar-refractivity contribution in [3.05, 3.63) is 16.7 Å². The molecule has 0 bridgehead atoms. The average molecular weight is 362 g/mol. The van der Waals surface area contributed by atoms with E-state index >= 15 is 0 Å². The second-order valence-electron chi connectivity index (χ2n) is 5.21. The van der Waals surface area contributed by atoms with Crippen LogP contribution < -0.4 is 10.0 Å². The third-order valence-corrected chi connectivity index (χ3v) is 5.65. The van der Waals surface area contributed by atoms with Crippen LogP contribution in [0.2, 0.25) is 0 Å². The van der Waals surface area contributed by atoms with Crippen LogP contribution >= 0.6 is 15.9 Å². The summed E-state index contributed by atoms with van der Waals surface area (Å²) < 4.78 is 28.3. The molecule has 0 amide bonds. The van der Waals surface area contributed by atoms with Crippen LogP contribution in [0.1, 0.15) is 33.1 Å². The van der Waals surface area contributed by atoms with Crippen LogP contribution in [0.5, 0.6) is 0 Å². The van der Waals surface area contributed by atoms with Gasteiger partial charge in [0.1, 0.15) is 10.7 Å². The van der Waals surface area contributed by atoms with Crippen molar-refractivity contribution in [1.29, 1.82) is 0 Å². The average Bonchev–Trinajstić information content (AvgIpc) is 3.20. The Bertz CT molecular complexity index is 585. The quantitative estimate of drug-likeness (QED) is 0.783. The van der Waals surface area contributed by atoms with E-state index in [-0.39, 0.29) is 10.3 Å². The lowest BCUT2D eigenvalue weighted by Crippen LogP contribution is -2.30. The third-order valence-electron chi connectivity index (χ3n) is 3.80. The molecule has 1 saturated carbocycles. The zero-order chi connectivity index (χ0) is 14.8. The van der Waals surface area contributed by atoms with E-state index in [2.05, 4.69) is 37.9 Å². The van der Waals surface area contributed by atoms with Crippen molar-refractivity contribution in [3.8, 4) is 0 Å². The summed E-state index contributed by atoms with van der Waals surface area (Å²) in [5.74, 6) is 0.393. The molecule has 5 nitrogen and oxygen atoms in total. The molecule has 0 spiro atoms. The van der Waals surface area contributed by atoms with Crippen LogP contribution in [-0.2, 0) is 10.0 Å². The van der Waals surface area contributed by atoms with E-state index in [0.29, 0.717) is 23.4 Å². The second kappa shape index (κ2) is 5.99. The van der Waals surface area contributed by atoms with Gasteiger partial charge >= 0.3 is 0 Å². The summed E-state index contributed by atoms with van der Waals surface area (Å²) >= 11 is 3.27. The molecule has 1 aromatic rings. The molecule has 0 radical (unpaired) electrons. The van der Waals surface area contributed by atoms with Crippen molar-refractivity contribution < 1.29 is 8.42 Å². The molecule has 112 valence electrons. The van der Waals surface area contributed by atoms with Crippen molar-refractivity contribution in [2.24, 2.45) is 5.41 Å². The minimum atomic E-state index is -3.54. The van der Waals surface area contributed by atoms with E-state index in [9.17, 15) is 8.42 Å². The molecule has 2 N–H and O–H groups in total. The van der Waals surface area contributed by atoms with Crippen molar-refractivity contribution in [2.45, 2.75) is 38.0 Å². The largest absolute Gasteiger partial charge is 0.369 e. The monoisotopic (exact) mass is 361 g/mol. The lowest BCUT2D eigenvalue weighted by atomic mass is 10.1. The molecule has 0 aliphatic heterocycles. The first-order valence-electron chi connectivity index (χ1n) is 6.81. The normalized spacial score (nSPS) is 16.9. The lowest BCUT2D eigenvalue weighted by molar-refractivity contribution is 0.475. The number of sulfonamides is 1. The van der Waals surface area contributed by atoms with Crippen molar-refractivity contribution >= 4 is 31.8 Å². The molecule has 1 fully saturated rings. The van der Waals surface area contributed by atoms with E-state index < -0.39 is 10.0 Å². The zero-order valence-corrected chi connectivity index (χ0v) is 14.1. The number of pyridine rings is 1. The number of hydrogen-bond acceptors (Lipinski definition) is 4. The van der Waals surface area contributed by atoms with Crippen LogP contribution in [0, 0.1) is 5.41 Å². The maximum absolute atomic E-state index is 12.5. The highest BCUT2D eigenvalue weighted by Gasteiger charge is 2.41. The smallest absolute Gasteiger partial charge is 0.244 e. The van der Waals surface area contributed by atoms with Crippen LogP contribution in [0.25, 0.3) is 0 Å². The van der Waals surface area contributed by atoms with Gasteiger partial charge in [-0.05, 0) is 53.6 Å². The molecule has 0 saturated heterocycles. The maximum Gasteiger partial charge on any atom is 0.244 e. The minimum absolute atomic E-state index is 0.171. The van der Waals surface area contributed by atoms with Crippen LogP contribution in [0.4, 0.5) is 5.82 Å². The van der Waals surface area contributed by atoms with Crippen LogP contribution in [0.3, 0.4) is 0 Å². The van der Waals surface area contributed by atoms with Crippen molar-refractivity contribution in [3.63, 3.8) is 0 Å². The molecule has 1 aliphatic carbocycles. The number of anilines is 1. The highest BCUT2D eigenvalue weighted by atomic mass is 79.9. The Hall–Kier alpha value is -0.660. The molecule has 1 aromatic heterocycles. The maximum atomic E-state index is 12.5. The number of hydrogen-bond donors (Lipinski definition) is 2. The molecule has 1 heterocycles. The van der Waals surface area contributed by atoms with E-state index in [1.165, 1.54) is 0 Å². The van der Waals surface area contributed by atoms with Crippen molar-refractivity contribution in [2.75, 3.05) is 18.4 Å². The van der Waals surface area contributed by atoms with E-state index in [4.69, 9.17) is 0 Å². The van der Waals surface area contributed by atoms with Crippen LogP contribution in [0.15, 0.2) is 21.6 Å². The minimum Gasteiger partial charge on any atom is -0.369 e. The van der Waals surface area contributed by atoms with Gasteiger partial charge in [0, 0.05) is 23.8 Å². The highest BCUT2D eigenvalue weighted by Crippen LogP contribution is 2.48. The predicted molar refractivity (Wildman–Crippen MR) is 83.2 cm³/mol. The Labute approximate surface area is 128 Å². The molecule has 2 rings (SSSR count). The lowest BCUT2D eigenvalue weighted by Gasteiger charge is -2.15. The second-order valence-corrected chi connectivity index (χ2v) is 7.86. The van der Waals surface area contributed by atoms with Gasteiger partial charge in [0.05, 0.1) is 0 Å². The Morgan fingerprint density at radius 3 is 2.65 bits per heavy atom. The van der Waals surface area contributed by atoms with Gasteiger partial charge in [-0.15, -0.1) is 0 Å². The SMILES string of the molecule is CCNc1ncc(Br)cc1S(=O)(=O)NCC1(CC)CC1. The van der Waals surface area contributed by atoms with Gasteiger partial charge in [0.15, 0.2) is 0 Å². The summed E-state index contributed by atoms with van der Waals surface area (Å²) in [6, 6.07) is 1.58. The Morgan fingerprint density at radius 2 is 2.10 bits per heavy atom. The topological polar surface area (TPSA) is 71.1 Å². The summed E-state index contributed by atoms with van der Waals surface area (Å²) in [7, 11) is -3.54. The highest BCUT2D eigenvalue weighted by molar-refractivity contribution is 9.10. The Morgan fingerprint density at radius 1 is 1.40 bits per heavy atom. The van der Waals surface area contributed by atoms with Crippen molar-refractivity contribution in [1.82, 2.24) is 9.71 Å². The molecule has 1 aliphatic rings.